The van der Waals surface area contributed by atoms with Crippen molar-refractivity contribution in [1.29, 1.82) is 0 Å². The average Bonchev–Trinajstić information content (AvgIpc) is 3.04. The predicted molar refractivity (Wildman–Crippen MR) is 86.5 cm³/mol. The lowest BCUT2D eigenvalue weighted by Crippen LogP contribution is -2.53. The smallest absolute Gasteiger partial charge is 0.276 e. The molecule has 0 spiro atoms. The molecule has 0 N–H and O–H groups in total. The monoisotopic (exact) mass is 311 g/mol. The number of para-hydroxylation sites is 1. The lowest BCUT2D eigenvalue weighted by molar-refractivity contribution is 0.0451. The maximum atomic E-state index is 12.6. The van der Waals surface area contributed by atoms with E-state index in [0.29, 0.717) is 5.69 Å². The van der Waals surface area contributed by atoms with Crippen molar-refractivity contribution in [1.82, 2.24) is 24.8 Å². The van der Waals surface area contributed by atoms with Crippen molar-refractivity contribution in [2.45, 2.75) is 25.3 Å². The second kappa shape index (κ2) is 6.12. The zero-order chi connectivity index (χ0) is 15.6. The van der Waals surface area contributed by atoms with E-state index in [9.17, 15) is 4.79 Å². The number of benzene rings is 1. The van der Waals surface area contributed by atoms with Crippen LogP contribution in [0.5, 0.6) is 0 Å². The van der Waals surface area contributed by atoms with Gasteiger partial charge in [-0.25, -0.2) is 4.68 Å². The van der Waals surface area contributed by atoms with Crippen LogP contribution in [0.4, 0.5) is 0 Å². The minimum atomic E-state index is -0.0135. The number of nitrogens with zero attached hydrogens (tertiary/aromatic N) is 5. The van der Waals surface area contributed by atoms with Crippen molar-refractivity contribution in [2.75, 3.05) is 26.2 Å². The van der Waals surface area contributed by atoms with E-state index in [4.69, 9.17) is 0 Å². The summed E-state index contributed by atoms with van der Waals surface area (Å²) < 4.78 is 1.65. The van der Waals surface area contributed by atoms with E-state index >= 15 is 0 Å². The Balaban J connectivity index is 1.41. The molecule has 1 saturated heterocycles. The van der Waals surface area contributed by atoms with E-state index in [1.807, 2.05) is 35.2 Å². The standard InChI is InChI=1S/C17H21N5O/c23-17(21-11-9-20(10-12-21)14-7-4-8-14)16-13-22(19-18-16)15-5-2-1-3-6-15/h1-3,5-6,13-14H,4,7-12H2. The van der Waals surface area contributed by atoms with Crippen molar-refractivity contribution in [2.24, 2.45) is 0 Å². The summed E-state index contributed by atoms with van der Waals surface area (Å²) in [6.45, 7) is 3.52. The molecule has 2 heterocycles. The van der Waals surface area contributed by atoms with E-state index in [2.05, 4.69) is 15.2 Å². The summed E-state index contributed by atoms with van der Waals surface area (Å²) in [7, 11) is 0. The third kappa shape index (κ3) is 2.86. The van der Waals surface area contributed by atoms with Crippen LogP contribution in [0.15, 0.2) is 36.5 Å². The van der Waals surface area contributed by atoms with Crippen molar-refractivity contribution >= 4 is 5.91 Å². The molecular weight excluding hydrogens is 290 g/mol. The number of aromatic nitrogens is 3. The highest BCUT2D eigenvalue weighted by molar-refractivity contribution is 5.92. The fourth-order valence-electron chi connectivity index (χ4n) is 3.27. The zero-order valence-corrected chi connectivity index (χ0v) is 13.1. The Morgan fingerprint density at radius 2 is 1.78 bits per heavy atom. The number of hydrogen-bond acceptors (Lipinski definition) is 4. The largest absolute Gasteiger partial charge is 0.335 e. The third-order valence-corrected chi connectivity index (χ3v) is 4.93. The van der Waals surface area contributed by atoms with E-state index in [1.54, 1.807) is 10.9 Å². The van der Waals surface area contributed by atoms with Crippen molar-refractivity contribution in [3.8, 4) is 5.69 Å². The summed E-state index contributed by atoms with van der Waals surface area (Å²) in [4.78, 5) is 17.0. The summed E-state index contributed by atoms with van der Waals surface area (Å²) >= 11 is 0. The molecule has 2 aliphatic rings. The van der Waals surface area contributed by atoms with Crippen molar-refractivity contribution < 1.29 is 4.79 Å². The molecule has 2 fully saturated rings. The Morgan fingerprint density at radius 1 is 1.04 bits per heavy atom. The van der Waals surface area contributed by atoms with Crippen LogP contribution in [0, 0.1) is 0 Å². The van der Waals surface area contributed by atoms with Gasteiger partial charge in [-0.2, -0.15) is 0 Å². The molecule has 1 aliphatic heterocycles. The quantitative estimate of drug-likeness (QED) is 0.863. The summed E-state index contributed by atoms with van der Waals surface area (Å²) in [6, 6.07) is 10.5. The average molecular weight is 311 g/mol. The van der Waals surface area contributed by atoms with E-state index in [-0.39, 0.29) is 5.91 Å². The maximum absolute atomic E-state index is 12.6. The lowest BCUT2D eigenvalue weighted by Gasteiger charge is -2.42. The molecule has 0 radical (unpaired) electrons. The maximum Gasteiger partial charge on any atom is 0.276 e. The van der Waals surface area contributed by atoms with E-state index in [1.165, 1.54) is 19.3 Å². The molecule has 6 nitrogen and oxygen atoms in total. The minimum absolute atomic E-state index is 0.0135. The van der Waals surface area contributed by atoms with Crippen LogP contribution in [-0.2, 0) is 0 Å². The van der Waals surface area contributed by atoms with Gasteiger partial charge in [-0.05, 0) is 25.0 Å². The summed E-state index contributed by atoms with van der Waals surface area (Å²) in [6.07, 6.45) is 5.71. The molecule has 1 aromatic heterocycles. The van der Waals surface area contributed by atoms with Gasteiger partial charge < -0.3 is 4.90 Å². The molecule has 1 amide bonds. The van der Waals surface area contributed by atoms with Gasteiger partial charge in [0.25, 0.3) is 5.91 Å². The highest BCUT2D eigenvalue weighted by Crippen LogP contribution is 2.25. The molecule has 1 aromatic carbocycles. The second-order valence-corrected chi connectivity index (χ2v) is 6.30. The summed E-state index contributed by atoms with van der Waals surface area (Å²) in [5.41, 5.74) is 1.33. The zero-order valence-electron chi connectivity index (χ0n) is 13.1. The SMILES string of the molecule is O=C(c1cn(-c2ccccc2)nn1)N1CCN(C2CCC2)CC1. The van der Waals surface area contributed by atoms with Crippen LogP contribution >= 0.6 is 0 Å². The Bertz CT molecular complexity index is 671. The van der Waals surface area contributed by atoms with Gasteiger partial charge in [-0.3, -0.25) is 9.69 Å². The molecule has 1 aliphatic carbocycles. The second-order valence-electron chi connectivity index (χ2n) is 6.30. The number of rotatable bonds is 3. The Labute approximate surface area is 135 Å². The van der Waals surface area contributed by atoms with Gasteiger partial charge >= 0.3 is 0 Å². The summed E-state index contributed by atoms with van der Waals surface area (Å²) in [5.74, 6) is -0.0135. The van der Waals surface area contributed by atoms with Gasteiger partial charge in [0.15, 0.2) is 5.69 Å². The summed E-state index contributed by atoms with van der Waals surface area (Å²) in [5, 5.41) is 8.13. The Hall–Kier alpha value is -2.21. The molecule has 0 bridgehead atoms. The highest BCUT2D eigenvalue weighted by Gasteiger charge is 2.30. The van der Waals surface area contributed by atoms with Gasteiger partial charge in [-0.15, -0.1) is 5.10 Å². The topological polar surface area (TPSA) is 54.3 Å². The highest BCUT2D eigenvalue weighted by atomic mass is 16.2. The van der Waals surface area contributed by atoms with Crippen LogP contribution in [0.3, 0.4) is 0 Å². The van der Waals surface area contributed by atoms with Gasteiger partial charge in [0.2, 0.25) is 0 Å². The molecule has 1 saturated carbocycles. The molecule has 0 atom stereocenters. The molecular formula is C17H21N5O. The van der Waals surface area contributed by atoms with Gasteiger partial charge in [-0.1, -0.05) is 29.8 Å². The van der Waals surface area contributed by atoms with Gasteiger partial charge in [0.1, 0.15) is 0 Å². The number of piperazine rings is 1. The Morgan fingerprint density at radius 3 is 2.43 bits per heavy atom. The molecule has 4 rings (SSSR count). The first-order chi connectivity index (χ1) is 11.3. The molecule has 6 heteroatoms. The fraction of sp³-hybridized carbons (Fsp3) is 0.471. The Kier molecular flexibility index (Phi) is 3.83. The number of hydrogen-bond donors (Lipinski definition) is 0. The molecule has 120 valence electrons. The first-order valence-electron chi connectivity index (χ1n) is 8.32. The normalized spacial score (nSPS) is 19.6. The van der Waals surface area contributed by atoms with Crippen LogP contribution in [0.25, 0.3) is 5.69 Å². The number of carbonyl (C=O) groups excluding carboxylic acids is 1. The first-order valence-corrected chi connectivity index (χ1v) is 8.32. The third-order valence-electron chi connectivity index (χ3n) is 4.93. The van der Waals surface area contributed by atoms with Gasteiger partial charge in [0.05, 0.1) is 11.9 Å². The first kappa shape index (κ1) is 14.4. The lowest BCUT2D eigenvalue weighted by atomic mass is 9.91. The van der Waals surface area contributed by atoms with Crippen molar-refractivity contribution in [3.63, 3.8) is 0 Å². The number of carbonyl (C=O) groups is 1. The van der Waals surface area contributed by atoms with E-state index in [0.717, 1.165) is 37.9 Å². The van der Waals surface area contributed by atoms with E-state index < -0.39 is 0 Å². The van der Waals surface area contributed by atoms with Crippen LogP contribution in [0.1, 0.15) is 29.8 Å². The molecule has 23 heavy (non-hydrogen) atoms. The van der Waals surface area contributed by atoms with Gasteiger partial charge in [0, 0.05) is 32.2 Å². The minimum Gasteiger partial charge on any atom is -0.335 e. The van der Waals surface area contributed by atoms with Crippen LogP contribution in [0.2, 0.25) is 0 Å². The molecule has 0 unspecified atom stereocenters. The van der Waals surface area contributed by atoms with Crippen LogP contribution in [-0.4, -0.2) is 62.9 Å². The predicted octanol–water partition coefficient (Wildman–Crippen LogP) is 1.58. The van der Waals surface area contributed by atoms with Crippen LogP contribution < -0.4 is 0 Å². The number of amides is 1. The fourth-order valence-corrected chi connectivity index (χ4v) is 3.27. The van der Waals surface area contributed by atoms with Crippen molar-refractivity contribution in [3.05, 3.63) is 42.2 Å². The molecule has 2 aromatic rings.